The highest BCUT2D eigenvalue weighted by molar-refractivity contribution is 6.40. The molecular weight excluding hydrogens is 284 g/mol. The summed E-state index contributed by atoms with van der Waals surface area (Å²) in [5.74, 6) is -0.0208. The predicted octanol–water partition coefficient (Wildman–Crippen LogP) is 5.02. The normalized spacial score (nSPS) is 14.2. The molecule has 0 unspecified atom stereocenters. The lowest BCUT2D eigenvalue weighted by Gasteiger charge is -2.22. The molecule has 3 rings (SSSR count). The second kappa shape index (κ2) is 6.33. The van der Waals surface area contributed by atoms with Crippen LogP contribution in [0, 0.1) is 6.92 Å². The van der Waals surface area contributed by atoms with Gasteiger partial charge in [-0.25, -0.2) is 0 Å². The largest absolute Gasteiger partial charge is 0.289 e. The van der Waals surface area contributed by atoms with E-state index in [1.807, 2.05) is 43.3 Å². The van der Waals surface area contributed by atoms with Gasteiger partial charge in [0.25, 0.3) is 0 Å². The fourth-order valence-electron chi connectivity index (χ4n) is 3.16. The fourth-order valence-corrected chi connectivity index (χ4v) is 3.16. The molecule has 0 saturated heterocycles. The van der Waals surface area contributed by atoms with Crippen LogP contribution in [0.3, 0.4) is 0 Å². The van der Waals surface area contributed by atoms with Crippen molar-refractivity contribution in [3.05, 3.63) is 76.4 Å². The minimum absolute atomic E-state index is 0.00639. The molecule has 2 aromatic rings. The van der Waals surface area contributed by atoms with Crippen LogP contribution in [0.1, 0.15) is 58.0 Å². The van der Waals surface area contributed by atoms with E-state index in [1.54, 1.807) is 12.1 Å². The van der Waals surface area contributed by atoms with Crippen molar-refractivity contribution in [3.63, 3.8) is 0 Å². The van der Waals surface area contributed by atoms with E-state index in [-0.39, 0.29) is 11.6 Å². The molecule has 0 aliphatic heterocycles. The zero-order chi connectivity index (χ0) is 16.4. The van der Waals surface area contributed by atoms with Gasteiger partial charge in [0.15, 0.2) is 11.6 Å². The fraction of sp³-hybridized carbons (Fsp3) is 0.238. The Hall–Kier alpha value is -2.48. The lowest BCUT2D eigenvalue weighted by Crippen LogP contribution is -2.21. The Bertz CT molecular complexity index is 812. The summed E-state index contributed by atoms with van der Waals surface area (Å²) in [4.78, 5) is 26.0. The lowest BCUT2D eigenvalue weighted by atomic mass is 9.78. The molecule has 2 aromatic carbocycles. The molecule has 0 saturated carbocycles. The van der Waals surface area contributed by atoms with Gasteiger partial charge in [-0.2, -0.15) is 0 Å². The molecule has 0 amide bonds. The second-order valence-electron chi connectivity index (χ2n) is 5.98. The van der Waals surface area contributed by atoms with Crippen LogP contribution in [0.15, 0.2) is 54.1 Å². The zero-order valence-electron chi connectivity index (χ0n) is 13.6. The number of rotatable bonds is 4. The standard InChI is InChI=1S/C21H20O2/c1-3-4-10-18-19(15-11-6-5-9-14(15)2)21(23)17-13-8-7-12-16(17)20(18)22/h5-9,11-13H,3-4,10H2,1-2H3. The molecule has 0 radical (unpaired) electrons. The topological polar surface area (TPSA) is 34.1 Å². The molecule has 1 aliphatic carbocycles. The van der Waals surface area contributed by atoms with E-state index in [1.165, 1.54) is 0 Å². The maximum Gasteiger partial charge on any atom is 0.194 e. The van der Waals surface area contributed by atoms with Crippen LogP contribution in [0.25, 0.3) is 5.57 Å². The Kier molecular flexibility index (Phi) is 4.24. The Morgan fingerprint density at radius 2 is 1.35 bits per heavy atom. The molecule has 1 aliphatic rings. The van der Waals surface area contributed by atoms with Gasteiger partial charge < -0.3 is 0 Å². The summed E-state index contributed by atoms with van der Waals surface area (Å²) in [6, 6.07) is 14.9. The lowest BCUT2D eigenvalue weighted by molar-refractivity contribution is 0.0988. The van der Waals surface area contributed by atoms with Gasteiger partial charge in [0.2, 0.25) is 0 Å². The Morgan fingerprint density at radius 3 is 1.96 bits per heavy atom. The average Bonchev–Trinajstić information content (AvgIpc) is 2.58. The molecule has 0 heterocycles. The second-order valence-corrected chi connectivity index (χ2v) is 5.98. The van der Waals surface area contributed by atoms with Gasteiger partial charge in [0.1, 0.15) is 0 Å². The molecular formula is C21H20O2. The molecule has 0 bridgehead atoms. The van der Waals surface area contributed by atoms with Crippen molar-refractivity contribution < 1.29 is 9.59 Å². The SMILES string of the molecule is CCCCC1=C(c2ccccc2C)C(=O)c2ccccc2C1=O. The first-order chi connectivity index (χ1) is 11.1. The third-order valence-electron chi connectivity index (χ3n) is 4.41. The summed E-state index contributed by atoms with van der Waals surface area (Å²) in [7, 11) is 0. The Labute approximate surface area is 136 Å². The number of ketones is 2. The summed E-state index contributed by atoms with van der Waals surface area (Å²) < 4.78 is 0. The summed E-state index contributed by atoms with van der Waals surface area (Å²) >= 11 is 0. The van der Waals surface area contributed by atoms with Crippen molar-refractivity contribution in [1.82, 2.24) is 0 Å². The first-order valence-corrected chi connectivity index (χ1v) is 8.12. The van der Waals surface area contributed by atoms with Gasteiger partial charge in [0, 0.05) is 22.3 Å². The zero-order valence-corrected chi connectivity index (χ0v) is 13.6. The molecule has 0 N–H and O–H groups in total. The maximum absolute atomic E-state index is 13.1. The van der Waals surface area contributed by atoms with Gasteiger partial charge in [-0.15, -0.1) is 0 Å². The van der Waals surface area contributed by atoms with E-state index in [0.717, 1.165) is 24.0 Å². The number of fused-ring (bicyclic) bond motifs is 1. The number of unbranched alkanes of at least 4 members (excludes halogenated alkanes) is 1. The van der Waals surface area contributed by atoms with Gasteiger partial charge in [-0.1, -0.05) is 61.9 Å². The number of hydrogen-bond donors (Lipinski definition) is 0. The van der Waals surface area contributed by atoms with Crippen molar-refractivity contribution in [2.24, 2.45) is 0 Å². The van der Waals surface area contributed by atoms with Crippen molar-refractivity contribution in [2.45, 2.75) is 33.1 Å². The highest BCUT2D eigenvalue weighted by atomic mass is 16.1. The highest BCUT2D eigenvalue weighted by Gasteiger charge is 2.32. The van der Waals surface area contributed by atoms with Gasteiger partial charge in [-0.05, 0) is 30.9 Å². The first-order valence-electron chi connectivity index (χ1n) is 8.12. The molecule has 0 fully saturated rings. The molecule has 2 heteroatoms. The van der Waals surface area contributed by atoms with Crippen molar-refractivity contribution >= 4 is 17.1 Å². The van der Waals surface area contributed by atoms with Crippen molar-refractivity contribution in [2.75, 3.05) is 0 Å². The Morgan fingerprint density at radius 1 is 0.783 bits per heavy atom. The summed E-state index contributed by atoms with van der Waals surface area (Å²) in [5, 5.41) is 0. The molecule has 0 aromatic heterocycles. The minimum atomic E-state index is -0.0272. The molecule has 0 atom stereocenters. The average molecular weight is 304 g/mol. The van der Waals surface area contributed by atoms with Crippen molar-refractivity contribution in [3.8, 4) is 0 Å². The van der Waals surface area contributed by atoms with Gasteiger partial charge in [0.05, 0.1) is 0 Å². The van der Waals surface area contributed by atoms with Crippen LogP contribution < -0.4 is 0 Å². The summed E-state index contributed by atoms with van der Waals surface area (Å²) in [6.45, 7) is 4.08. The third-order valence-corrected chi connectivity index (χ3v) is 4.41. The number of Topliss-reactive ketones (excluding diaryl/α,β-unsaturated/α-hetero) is 2. The van der Waals surface area contributed by atoms with E-state index in [0.29, 0.717) is 28.7 Å². The minimum Gasteiger partial charge on any atom is -0.289 e. The number of carbonyl (C=O) groups is 2. The molecule has 116 valence electrons. The van der Waals surface area contributed by atoms with E-state index in [4.69, 9.17) is 0 Å². The number of hydrogen-bond acceptors (Lipinski definition) is 2. The van der Waals surface area contributed by atoms with E-state index in [9.17, 15) is 9.59 Å². The third kappa shape index (κ3) is 2.65. The maximum atomic E-state index is 13.1. The number of carbonyl (C=O) groups excluding carboxylic acids is 2. The van der Waals surface area contributed by atoms with E-state index >= 15 is 0 Å². The van der Waals surface area contributed by atoms with Crippen molar-refractivity contribution in [1.29, 1.82) is 0 Å². The van der Waals surface area contributed by atoms with Crippen LogP contribution in [-0.2, 0) is 0 Å². The van der Waals surface area contributed by atoms with Crippen LogP contribution in [0.5, 0.6) is 0 Å². The van der Waals surface area contributed by atoms with Gasteiger partial charge >= 0.3 is 0 Å². The monoisotopic (exact) mass is 304 g/mol. The Balaban J connectivity index is 2.24. The molecule has 23 heavy (non-hydrogen) atoms. The predicted molar refractivity (Wildman–Crippen MR) is 92.7 cm³/mol. The molecule has 2 nitrogen and oxygen atoms in total. The highest BCUT2D eigenvalue weighted by Crippen LogP contribution is 2.35. The summed E-state index contributed by atoms with van der Waals surface area (Å²) in [6.07, 6.45) is 2.55. The van der Waals surface area contributed by atoms with Crippen LogP contribution >= 0.6 is 0 Å². The van der Waals surface area contributed by atoms with E-state index in [2.05, 4.69) is 6.92 Å². The van der Waals surface area contributed by atoms with Crippen LogP contribution in [0.2, 0.25) is 0 Å². The number of benzene rings is 2. The first kappa shape index (κ1) is 15.4. The van der Waals surface area contributed by atoms with Gasteiger partial charge in [-0.3, -0.25) is 9.59 Å². The smallest absolute Gasteiger partial charge is 0.194 e. The number of allylic oxidation sites excluding steroid dienone is 2. The molecule has 0 spiro atoms. The van der Waals surface area contributed by atoms with Crippen LogP contribution in [-0.4, -0.2) is 11.6 Å². The number of aryl methyl sites for hydroxylation is 1. The summed E-state index contributed by atoms with van der Waals surface area (Å²) in [5.41, 5.74) is 4.24. The van der Waals surface area contributed by atoms with E-state index < -0.39 is 0 Å². The van der Waals surface area contributed by atoms with Crippen LogP contribution in [0.4, 0.5) is 0 Å². The quantitative estimate of drug-likeness (QED) is 0.795.